The number of carbonyl (C=O) groups is 2. The predicted molar refractivity (Wildman–Crippen MR) is 110 cm³/mol. The van der Waals surface area contributed by atoms with Crippen molar-refractivity contribution in [3.8, 4) is 17.4 Å². The van der Waals surface area contributed by atoms with Gasteiger partial charge in [-0.1, -0.05) is 23.7 Å². The molecule has 0 unspecified atom stereocenters. The summed E-state index contributed by atoms with van der Waals surface area (Å²) in [6, 6.07) is 16.8. The zero-order valence-electron chi connectivity index (χ0n) is 15.3. The van der Waals surface area contributed by atoms with E-state index in [0.717, 1.165) is 5.56 Å². The Morgan fingerprint density at radius 1 is 1.17 bits per heavy atom. The number of aromatic carboxylic acids is 1. The van der Waals surface area contributed by atoms with E-state index in [2.05, 4.69) is 5.32 Å². The van der Waals surface area contributed by atoms with E-state index in [1.54, 1.807) is 36.4 Å². The summed E-state index contributed by atoms with van der Waals surface area (Å²) in [5, 5.41) is 21.3. The van der Waals surface area contributed by atoms with Crippen LogP contribution in [0, 0.1) is 18.3 Å². The summed E-state index contributed by atoms with van der Waals surface area (Å²) < 4.78 is 5.65. The number of halogens is 1. The van der Waals surface area contributed by atoms with E-state index < -0.39 is 11.9 Å². The van der Waals surface area contributed by atoms with Crippen LogP contribution in [0.4, 0.5) is 5.69 Å². The van der Waals surface area contributed by atoms with E-state index in [9.17, 15) is 20.0 Å². The fourth-order valence-corrected chi connectivity index (χ4v) is 2.84. The molecule has 1 heterocycles. The number of hydrogen-bond acceptors (Lipinski definition) is 4. The van der Waals surface area contributed by atoms with Crippen molar-refractivity contribution in [2.24, 2.45) is 0 Å². The fourth-order valence-electron chi connectivity index (χ4n) is 2.64. The number of rotatable bonds is 5. The van der Waals surface area contributed by atoms with Crippen LogP contribution in [0.2, 0.25) is 5.02 Å². The van der Waals surface area contributed by atoms with E-state index in [1.165, 1.54) is 18.2 Å². The van der Waals surface area contributed by atoms with Crippen LogP contribution in [0.3, 0.4) is 0 Å². The van der Waals surface area contributed by atoms with Crippen molar-refractivity contribution < 1.29 is 19.1 Å². The number of aryl methyl sites for hydroxylation is 1. The van der Waals surface area contributed by atoms with Gasteiger partial charge < -0.3 is 14.8 Å². The summed E-state index contributed by atoms with van der Waals surface area (Å²) in [6.45, 7) is 1.90. The molecule has 0 aliphatic carbocycles. The summed E-state index contributed by atoms with van der Waals surface area (Å²) in [7, 11) is 0. The molecule has 6 nitrogen and oxygen atoms in total. The molecule has 0 saturated heterocycles. The molecule has 0 bridgehead atoms. The predicted octanol–water partition coefficient (Wildman–Crippen LogP) is 5.15. The smallest absolute Gasteiger partial charge is 0.337 e. The van der Waals surface area contributed by atoms with Crippen LogP contribution in [0.15, 0.2) is 64.6 Å². The maximum atomic E-state index is 12.4. The quantitative estimate of drug-likeness (QED) is 0.450. The number of carboxylic acids is 1. The second-order valence-corrected chi connectivity index (χ2v) is 6.60. The van der Waals surface area contributed by atoms with Gasteiger partial charge in [0.15, 0.2) is 0 Å². The van der Waals surface area contributed by atoms with Crippen LogP contribution < -0.4 is 5.32 Å². The van der Waals surface area contributed by atoms with Crippen molar-refractivity contribution in [1.29, 1.82) is 5.26 Å². The SMILES string of the molecule is Cc1cccc(NC(=O)C(C#N)=Cc2ccc(-c3ccc(Cl)c(C(=O)O)c3)o2)c1. The maximum Gasteiger partial charge on any atom is 0.337 e. The number of furan rings is 1. The highest BCUT2D eigenvalue weighted by atomic mass is 35.5. The molecule has 0 spiro atoms. The molecule has 7 heteroatoms. The van der Waals surface area contributed by atoms with Crippen molar-refractivity contribution in [1.82, 2.24) is 0 Å². The Bertz CT molecular complexity index is 1170. The zero-order valence-corrected chi connectivity index (χ0v) is 16.0. The summed E-state index contributed by atoms with van der Waals surface area (Å²) >= 11 is 5.88. The normalized spacial score (nSPS) is 11.0. The summed E-state index contributed by atoms with van der Waals surface area (Å²) in [5.74, 6) is -1.05. The van der Waals surface area contributed by atoms with Gasteiger partial charge in [0.1, 0.15) is 23.2 Å². The summed E-state index contributed by atoms with van der Waals surface area (Å²) in [6.07, 6.45) is 1.32. The van der Waals surface area contributed by atoms with Gasteiger partial charge in [0.25, 0.3) is 5.91 Å². The first-order chi connectivity index (χ1) is 13.9. The number of anilines is 1. The van der Waals surface area contributed by atoms with Crippen LogP contribution in [0.1, 0.15) is 21.7 Å². The lowest BCUT2D eigenvalue weighted by Gasteiger charge is -2.04. The molecule has 0 saturated carbocycles. The van der Waals surface area contributed by atoms with Crippen LogP contribution in [0.25, 0.3) is 17.4 Å². The lowest BCUT2D eigenvalue weighted by molar-refractivity contribution is -0.112. The van der Waals surface area contributed by atoms with Gasteiger partial charge in [0.2, 0.25) is 0 Å². The van der Waals surface area contributed by atoms with Crippen LogP contribution in [-0.2, 0) is 4.79 Å². The molecule has 0 aliphatic rings. The number of nitrogens with one attached hydrogen (secondary N) is 1. The lowest BCUT2D eigenvalue weighted by Crippen LogP contribution is -2.13. The van der Waals surface area contributed by atoms with Crippen molar-refractivity contribution in [3.05, 3.63) is 82.1 Å². The minimum atomic E-state index is -1.15. The van der Waals surface area contributed by atoms with Gasteiger partial charge in [-0.3, -0.25) is 4.79 Å². The molecule has 0 radical (unpaired) electrons. The molecule has 0 aliphatic heterocycles. The maximum absolute atomic E-state index is 12.4. The highest BCUT2D eigenvalue weighted by molar-refractivity contribution is 6.33. The largest absolute Gasteiger partial charge is 0.478 e. The van der Waals surface area contributed by atoms with Crippen LogP contribution >= 0.6 is 11.6 Å². The van der Waals surface area contributed by atoms with E-state index in [4.69, 9.17) is 16.0 Å². The number of carbonyl (C=O) groups excluding carboxylic acids is 1. The van der Waals surface area contributed by atoms with Crippen LogP contribution in [-0.4, -0.2) is 17.0 Å². The average Bonchev–Trinajstić information content (AvgIpc) is 3.14. The van der Waals surface area contributed by atoms with Gasteiger partial charge in [-0.25, -0.2) is 4.79 Å². The Kier molecular flexibility index (Phi) is 5.82. The molecule has 1 aromatic heterocycles. The molecular weight excluding hydrogens is 392 g/mol. The Hall–Kier alpha value is -3.82. The van der Waals surface area contributed by atoms with Gasteiger partial charge in [0, 0.05) is 17.3 Å². The summed E-state index contributed by atoms with van der Waals surface area (Å²) in [5.41, 5.74) is 1.89. The highest BCUT2D eigenvalue weighted by Crippen LogP contribution is 2.27. The van der Waals surface area contributed by atoms with E-state index in [1.807, 2.05) is 19.1 Å². The Labute approximate surface area is 171 Å². The fraction of sp³-hybridized carbons (Fsp3) is 0.0455. The molecule has 2 aromatic carbocycles. The van der Waals surface area contributed by atoms with Gasteiger partial charge in [-0.2, -0.15) is 5.26 Å². The number of nitriles is 1. The van der Waals surface area contributed by atoms with Crippen molar-refractivity contribution >= 4 is 35.2 Å². The molecule has 0 atom stereocenters. The molecule has 3 aromatic rings. The lowest BCUT2D eigenvalue weighted by atomic mass is 10.1. The highest BCUT2D eigenvalue weighted by Gasteiger charge is 2.14. The average molecular weight is 407 g/mol. The van der Waals surface area contributed by atoms with Gasteiger partial charge >= 0.3 is 5.97 Å². The van der Waals surface area contributed by atoms with Crippen molar-refractivity contribution in [2.45, 2.75) is 6.92 Å². The third kappa shape index (κ3) is 4.72. The van der Waals surface area contributed by atoms with Crippen LogP contribution in [0.5, 0.6) is 0 Å². The number of carboxylic acid groups (broad SMARTS) is 1. The van der Waals surface area contributed by atoms with Crippen molar-refractivity contribution in [2.75, 3.05) is 5.32 Å². The Morgan fingerprint density at radius 2 is 1.97 bits per heavy atom. The molecule has 3 rings (SSSR count). The third-order valence-electron chi connectivity index (χ3n) is 4.04. The number of benzene rings is 2. The summed E-state index contributed by atoms with van der Waals surface area (Å²) in [4.78, 5) is 23.6. The number of nitrogens with zero attached hydrogens (tertiary/aromatic N) is 1. The zero-order chi connectivity index (χ0) is 21.0. The van der Waals surface area contributed by atoms with Gasteiger partial charge in [-0.05, 0) is 55.0 Å². The first-order valence-corrected chi connectivity index (χ1v) is 8.88. The molecular formula is C22H15ClN2O4. The van der Waals surface area contributed by atoms with Gasteiger partial charge in [0.05, 0.1) is 10.6 Å². The first kappa shape index (κ1) is 19.9. The minimum Gasteiger partial charge on any atom is -0.478 e. The second-order valence-electron chi connectivity index (χ2n) is 6.20. The number of hydrogen-bond donors (Lipinski definition) is 2. The second kappa shape index (κ2) is 8.46. The van der Waals surface area contributed by atoms with E-state index >= 15 is 0 Å². The Morgan fingerprint density at radius 3 is 2.66 bits per heavy atom. The van der Waals surface area contributed by atoms with E-state index in [-0.39, 0.29) is 21.9 Å². The molecule has 144 valence electrons. The monoisotopic (exact) mass is 406 g/mol. The number of amides is 1. The van der Waals surface area contributed by atoms with Crippen molar-refractivity contribution in [3.63, 3.8) is 0 Å². The molecule has 0 fully saturated rings. The molecule has 2 N–H and O–H groups in total. The first-order valence-electron chi connectivity index (χ1n) is 8.50. The molecule has 1 amide bonds. The minimum absolute atomic E-state index is 0.0482. The third-order valence-corrected chi connectivity index (χ3v) is 4.37. The topological polar surface area (TPSA) is 103 Å². The Balaban J connectivity index is 1.84. The standard InChI is InChI=1S/C22H15ClN2O4/c1-13-3-2-4-16(9-13)25-21(26)15(12-24)10-17-6-8-20(29-17)14-5-7-19(23)18(11-14)22(27)28/h2-11H,1H3,(H,25,26)(H,27,28). The molecule has 29 heavy (non-hydrogen) atoms. The van der Waals surface area contributed by atoms with E-state index in [0.29, 0.717) is 17.0 Å². The van der Waals surface area contributed by atoms with Gasteiger partial charge in [-0.15, -0.1) is 0 Å².